The summed E-state index contributed by atoms with van der Waals surface area (Å²) in [6.45, 7) is 0.264. The van der Waals surface area contributed by atoms with Crippen LogP contribution in [0, 0.1) is 5.82 Å². The van der Waals surface area contributed by atoms with E-state index in [-0.39, 0.29) is 16.0 Å². The molecule has 0 saturated carbocycles. The predicted octanol–water partition coefficient (Wildman–Crippen LogP) is 1.01. The molecule has 0 bridgehead atoms. The Bertz CT molecular complexity index is 744. The van der Waals surface area contributed by atoms with Crippen LogP contribution in [0.3, 0.4) is 0 Å². The maximum absolute atomic E-state index is 13.3. The first-order valence-electron chi connectivity index (χ1n) is 5.38. The summed E-state index contributed by atoms with van der Waals surface area (Å²) in [7, 11) is -3.82. The highest BCUT2D eigenvalue weighted by Crippen LogP contribution is 2.34. The molecule has 2 N–H and O–H groups in total. The number of halogens is 1. The monoisotopic (exact) mass is 300 g/mol. The Kier molecular flexibility index (Phi) is 2.68. The van der Waals surface area contributed by atoms with Crippen LogP contribution >= 0.6 is 11.3 Å². The van der Waals surface area contributed by atoms with E-state index < -0.39 is 15.8 Å². The first kappa shape index (κ1) is 12.3. The van der Waals surface area contributed by atoms with Crippen molar-refractivity contribution in [3.05, 3.63) is 29.6 Å². The second-order valence-corrected chi connectivity index (χ2v) is 7.05. The Labute approximate surface area is 112 Å². The van der Waals surface area contributed by atoms with Crippen molar-refractivity contribution in [2.75, 3.05) is 16.6 Å². The van der Waals surface area contributed by atoms with Crippen LogP contribution in [-0.4, -0.2) is 25.2 Å². The van der Waals surface area contributed by atoms with E-state index in [0.29, 0.717) is 12.1 Å². The molecule has 9 heteroatoms. The molecule has 19 heavy (non-hydrogen) atoms. The smallest absolute Gasteiger partial charge is 0.293 e. The van der Waals surface area contributed by atoms with Crippen molar-refractivity contribution in [1.29, 1.82) is 0 Å². The molecular weight excluding hydrogens is 291 g/mol. The Balaban J connectivity index is 2.08. The number of nitrogens with two attached hydrogens (primary N) is 1. The van der Waals surface area contributed by atoms with Gasteiger partial charge in [0.15, 0.2) is 0 Å². The molecule has 2 aromatic rings. The zero-order valence-corrected chi connectivity index (χ0v) is 11.2. The van der Waals surface area contributed by atoms with Crippen molar-refractivity contribution < 1.29 is 12.8 Å². The number of nitrogens with zero attached hydrogens (tertiary/aromatic N) is 3. The maximum Gasteiger partial charge on any atom is 0.293 e. The molecule has 6 nitrogen and oxygen atoms in total. The van der Waals surface area contributed by atoms with E-state index >= 15 is 0 Å². The summed E-state index contributed by atoms with van der Waals surface area (Å²) in [5, 5.41) is 7.12. The number of nitrogen functional groups attached to an aromatic ring is 1. The van der Waals surface area contributed by atoms with Crippen LogP contribution < -0.4 is 10.0 Å². The van der Waals surface area contributed by atoms with Gasteiger partial charge in [-0.05, 0) is 24.1 Å². The van der Waals surface area contributed by atoms with Gasteiger partial charge in [-0.3, -0.25) is 4.31 Å². The Morgan fingerprint density at radius 3 is 2.84 bits per heavy atom. The Hall–Kier alpha value is -1.74. The fourth-order valence-corrected chi connectivity index (χ4v) is 4.37. The highest BCUT2D eigenvalue weighted by Gasteiger charge is 2.33. The third kappa shape index (κ3) is 1.94. The lowest BCUT2D eigenvalue weighted by Gasteiger charge is -2.17. The third-order valence-electron chi connectivity index (χ3n) is 2.83. The van der Waals surface area contributed by atoms with Gasteiger partial charge in [0.2, 0.25) is 5.13 Å². The first-order chi connectivity index (χ1) is 8.98. The minimum atomic E-state index is -3.82. The van der Waals surface area contributed by atoms with Gasteiger partial charge in [0, 0.05) is 6.54 Å². The molecule has 0 unspecified atom stereocenters. The lowest BCUT2D eigenvalue weighted by molar-refractivity contribution is 0.590. The Morgan fingerprint density at radius 2 is 2.16 bits per heavy atom. The summed E-state index contributed by atoms with van der Waals surface area (Å²) in [6, 6.07) is 4.12. The Morgan fingerprint density at radius 1 is 1.37 bits per heavy atom. The number of rotatable bonds is 2. The molecule has 100 valence electrons. The predicted molar refractivity (Wildman–Crippen MR) is 69.0 cm³/mol. The number of sulfonamides is 1. The van der Waals surface area contributed by atoms with Crippen molar-refractivity contribution in [1.82, 2.24) is 10.2 Å². The zero-order chi connectivity index (χ0) is 13.6. The second kappa shape index (κ2) is 4.14. The fraction of sp³-hybridized carbons (Fsp3) is 0.200. The summed E-state index contributed by atoms with van der Waals surface area (Å²) >= 11 is 0.793. The number of benzene rings is 1. The van der Waals surface area contributed by atoms with Crippen LogP contribution in [-0.2, 0) is 16.4 Å². The standard InChI is InChI=1S/C10H9FN4O2S2/c11-7-2-1-6-3-4-15(8(6)5-7)19(16,17)10-14-13-9(12)18-10/h1-2,5H,3-4H2,(H2,12,13). The SMILES string of the molecule is Nc1nnc(S(=O)(=O)N2CCc3ccc(F)cc32)s1. The average molecular weight is 300 g/mol. The molecule has 0 saturated heterocycles. The highest BCUT2D eigenvalue weighted by atomic mass is 32.2. The maximum atomic E-state index is 13.3. The van der Waals surface area contributed by atoms with Gasteiger partial charge < -0.3 is 5.73 Å². The molecular formula is C10H9FN4O2S2. The van der Waals surface area contributed by atoms with Gasteiger partial charge in [-0.1, -0.05) is 17.4 Å². The number of fused-ring (bicyclic) bond motifs is 1. The average Bonchev–Trinajstić information content (AvgIpc) is 2.95. The van der Waals surface area contributed by atoms with E-state index in [2.05, 4.69) is 10.2 Å². The van der Waals surface area contributed by atoms with Gasteiger partial charge in [0.1, 0.15) is 5.82 Å². The van der Waals surface area contributed by atoms with Crippen LogP contribution in [0.25, 0.3) is 0 Å². The molecule has 3 rings (SSSR count). The van der Waals surface area contributed by atoms with E-state index in [1.165, 1.54) is 12.1 Å². The lowest BCUT2D eigenvalue weighted by atomic mass is 10.2. The molecule has 0 fully saturated rings. The summed E-state index contributed by atoms with van der Waals surface area (Å²) < 4.78 is 39.0. The van der Waals surface area contributed by atoms with Crippen LogP contribution in [0.15, 0.2) is 22.5 Å². The van der Waals surface area contributed by atoms with Crippen LogP contribution in [0.5, 0.6) is 0 Å². The van der Waals surface area contributed by atoms with E-state index in [4.69, 9.17) is 5.73 Å². The molecule has 1 aliphatic heterocycles. The first-order valence-corrected chi connectivity index (χ1v) is 7.64. The number of aromatic nitrogens is 2. The molecule has 2 heterocycles. The minimum absolute atomic E-state index is 0.0808. The summed E-state index contributed by atoms with van der Waals surface area (Å²) in [5.74, 6) is -0.474. The van der Waals surface area contributed by atoms with Crippen molar-refractivity contribution >= 4 is 32.2 Å². The van der Waals surface area contributed by atoms with Crippen LogP contribution in [0.4, 0.5) is 15.2 Å². The van der Waals surface area contributed by atoms with Crippen molar-refractivity contribution in [2.24, 2.45) is 0 Å². The molecule has 0 atom stereocenters. The quantitative estimate of drug-likeness (QED) is 0.894. The molecule has 0 aliphatic carbocycles. The molecule has 1 aromatic heterocycles. The van der Waals surface area contributed by atoms with Crippen LogP contribution in [0.2, 0.25) is 0 Å². The van der Waals surface area contributed by atoms with Gasteiger partial charge in [-0.25, -0.2) is 4.39 Å². The molecule has 1 aliphatic rings. The normalized spacial score (nSPS) is 14.7. The minimum Gasteiger partial charge on any atom is -0.374 e. The number of hydrogen-bond donors (Lipinski definition) is 1. The van der Waals surface area contributed by atoms with Crippen molar-refractivity contribution in [2.45, 2.75) is 10.8 Å². The summed E-state index contributed by atoms with van der Waals surface area (Å²) in [4.78, 5) is 0. The molecule has 0 spiro atoms. The van der Waals surface area contributed by atoms with E-state index in [1.807, 2.05) is 0 Å². The van der Waals surface area contributed by atoms with Gasteiger partial charge in [0.25, 0.3) is 14.4 Å². The highest BCUT2D eigenvalue weighted by molar-refractivity contribution is 7.94. The van der Waals surface area contributed by atoms with E-state index in [1.54, 1.807) is 6.07 Å². The second-order valence-electron chi connectivity index (χ2n) is 4.01. The number of hydrogen-bond acceptors (Lipinski definition) is 6. The molecule has 0 radical (unpaired) electrons. The van der Waals surface area contributed by atoms with Crippen molar-refractivity contribution in [3.63, 3.8) is 0 Å². The van der Waals surface area contributed by atoms with Gasteiger partial charge in [-0.15, -0.1) is 10.2 Å². The molecule has 0 amide bonds. The largest absolute Gasteiger partial charge is 0.374 e. The van der Waals surface area contributed by atoms with Crippen LogP contribution in [0.1, 0.15) is 5.56 Å². The fourth-order valence-electron chi connectivity index (χ4n) is 1.99. The summed E-state index contributed by atoms with van der Waals surface area (Å²) in [6.07, 6.45) is 0.545. The van der Waals surface area contributed by atoms with E-state index in [9.17, 15) is 12.8 Å². The van der Waals surface area contributed by atoms with Gasteiger partial charge >= 0.3 is 0 Å². The van der Waals surface area contributed by atoms with Gasteiger partial charge in [-0.2, -0.15) is 8.42 Å². The number of anilines is 2. The van der Waals surface area contributed by atoms with E-state index in [0.717, 1.165) is 21.2 Å². The molecule has 1 aromatic carbocycles. The third-order valence-corrected chi connectivity index (χ3v) is 5.74. The van der Waals surface area contributed by atoms with Gasteiger partial charge in [0.05, 0.1) is 5.69 Å². The summed E-state index contributed by atoms with van der Waals surface area (Å²) in [5.41, 5.74) is 6.54. The topological polar surface area (TPSA) is 89.2 Å². The zero-order valence-electron chi connectivity index (χ0n) is 9.58. The lowest BCUT2D eigenvalue weighted by Crippen LogP contribution is -2.29. The van der Waals surface area contributed by atoms with Crippen molar-refractivity contribution in [3.8, 4) is 0 Å².